The summed E-state index contributed by atoms with van der Waals surface area (Å²) in [5.74, 6) is 0.234. The van der Waals surface area contributed by atoms with Crippen LogP contribution >= 0.6 is 12.2 Å². The number of rotatable bonds is 7. The van der Waals surface area contributed by atoms with E-state index in [2.05, 4.69) is 29.6 Å². The zero-order chi connectivity index (χ0) is 24.1. The van der Waals surface area contributed by atoms with Gasteiger partial charge < -0.3 is 15.0 Å². The van der Waals surface area contributed by atoms with E-state index in [-0.39, 0.29) is 35.7 Å². The Morgan fingerprint density at radius 3 is 2.56 bits per heavy atom. The van der Waals surface area contributed by atoms with E-state index >= 15 is 0 Å². The van der Waals surface area contributed by atoms with Crippen molar-refractivity contribution in [3.63, 3.8) is 0 Å². The highest BCUT2D eigenvalue weighted by Gasteiger charge is 2.44. The van der Waals surface area contributed by atoms with Gasteiger partial charge in [0.1, 0.15) is 0 Å². The van der Waals surface area contributed by atoms with E-state index < -0.39 is 0 Å². The molecule has 3 unspecified atom stereocenters. The molecule has 3 atom stereocenters. The first-order valence-corrected chi connectivity index (χ1v) is 12.9. The molecule has 2 aliphatic heterocycles. The van der Waals surface area contributed by atoms with Crippen molar-refractivity contribution in [1.82, 2.24) is 15.1 Å². The Labute approximate surface area is 207 Å². The molecule has 4 rings (SSSR count). The van der Waals surface area contributed by atoms with Crippen LogP contribution in [0, 0.1) is 17.8 Å². The largest absolute Gasteiger partial charge is 0.469 e. The number of carbonyl (C=O) groups excluding carboxylic acids is 3. The highest BCUT2D eigenvalue weighted by molar-refractivity contribution is 7.80. The molecule has 1 aromatic rings. The second-order valence-corrected chi connectivity index (χ2v) is 10.2. The summed E-state index contributed by atoms with van der Waals surface area (Å²) in [5, 5.41) is 3.68. The van der Waals surface area contributed by atoms with Crippen molar-refractivity contribution in [3.8, 4) is 0 Å². The predicted octanol–water partition coefficient (Wildman–Crippen LogP) is 2.92. The first-order chi connectivity index (χ1) is 16.5. The molecule has 2 heterocycles. The number of thiocarbonyl (C=S) groups is 1. The van der Waals surface area contributed by atoms with Gasteiger partial charge in [0.2, 0.25) is 11.8 Å². The Hall–Kier alpha value is -2.48. The highest BCUT2D eigenvalue weighted by atomic mass is 32.1. The number of fused-ring (bicyclic) bond motifs is 1. The quantitative estimate of drug-likeness (QED) is 0.473. The molecule has 1 saturated carbocycles. The fourth-order valence-corrected chi connectivity index (χ4v) is 5.97. The van der Waals surface area contributed by atoms with Crippen LogP contribution in [0.3, 0.4) is 0 Å². The van der Waals surface area contributed by atoms with Crippen LogP contribution in [0.4, 0.5) is 0 Å². The summed E-state index contributed by atoms with van der Waals surface area (Å²) in [6.45, 7) is 2.07. The first-order valence-electron chi connectivity index (χ1n) is 12.5. The Kier molecular flexibility index (Phi) is 8.19. The van der Waals surface area contributed by atoms with Gasteiger partial charge >= 0.3 is 5.97 Å². The van der Waals surface area contributed by atoms with E-state index in [1.54, 1.807) is 4.90 Å². The van der Waals surface area contributed by atoms with Gasteiger partial charge in [-0.3, -0.25) is 19.3 Å². The number of likely N-dealkylation sites (tertiary alicyclic amines) is 1. The van der Waals surface area contributed by atoms with Crippen molar-refractivity contribution >= 4 is 35.1 Å². The molecule has 1 N–H and O–H groups in total. The lowest BCUT2D eigenvalue weighted by Crippen LogP contribution is -2.61. The van der Waals surface area contributed by atoms with Crippen LogP contribution in [-0.2, 0) is 25.5 Å². The number of benzene rings is 1. The lowest BCUT2D eigenvalue weighted by molar-refractivity contribution is -0.149. The third kappa shape index (κ3) is 5.77. The van der Waals surface area contributed by atoms with Crippen LogP contribution in [0.2, 0.25) is 0 Å². The normalized spacial score (nSPS) is 25.5. The molecular formula is C26H35N3O4S. The number of piperidine rings is 1. The van der Waals surface area contributed by atoms with Crippen LogP contribution in [0.5, 0.6) is 0 Å². The number of methoxy groups -OCH3 is 1. The first kappa shape index (κ1) is 24.6. The third-order valence-corrected chi connectivity index (χ3v) is 7.97. The summed E-state index contributed by atoms with van der Waals surface area (Å²) in [5.41, 5.74) is 1.36. The Bertz CT molecular complexity index is 901. The minimum absolute atomic E-state index is 0.0197. The van der Waals surface area contributed by atoms with Gasteiger partial charge in [0.05, 0.1) is 18.9 Å². The number of nitrogens with one attached hydrogen (secondary N) is 1. The lowest BCUT2D eigenvalue weighted by atomic mass is 9.76. The van der Waals surface area contributed by atoms with Crippen LogP contribution in [0.15, 0.2) is 30.3 Å². The van der Waals surface area contributed by atoms with E-state index in [9.17, 15) is 14.4 Å². The predicted molar refractivity (Wildman–Crippen MR) is 133 cm³/mol. The maximum Gasteiger partial charge on any atom is 0.308 e. The summed E-state index contributed by atoms with van der Waals surface area (Å²) in [6, 6.07) is 10.4. The smallest absolute Gasteiger partial charge is 0.308 e. The van der Waals surface area contributed by atoms with E-state index in [0.717, 1.165) is 32.4 Å². The zero-order valence-corrected chi connectivity index (χ0v) is 20.7. The molecule has 8 heteroatoms. The van der Waals surface area contributed by atoms with Gasteiger partial charge in [0.25, 0.3) is 0 Å². The molecule has 3 fully saturated rings. The molecule has 1 aromatic carbocycles. The molecule has 0 bridgehead atoms. The molecule has 0 radical (unpaired) electrons. The summed E-state index contributed by atoms with van der Waals surface area (Å²) >= 11 is 5.46. The van der Waals surface area contributed by atoms with Crippen LogP contribution in [0.25, 0.3) is 0 Å². The van der Waals surface area contributed by atoms with Crippen LogP contribution < -0.4 is 5.32 Å². The second-order valence-electron chi connectivity index (χ2n) is 9.80. The Morgan fingerprint density at radius 1 is 1.12 bits per heavy atom. The molecule has 0 spiro atoms. The van der Waals surface area contributed by atoms with Crippen molar-refractivity contribution < 1.29 is 19.1 Å². The molecular weight excluding hydrogens is 450 g/mol. The maximum atomic E-state index is 13.1. The van der Waals surface area contributed by atoms with Crippen molar-refractivity contribution in [2.75, 3.05) is 26.7 Å². The highest BCUT2D eigenvalue weighted by Crippen LogP contribution is 2.33. The number of hydrogen-bond acceptors (Lipinski definition) is 5. The van der Waals surface area contributed by atoms with Crippen LogP contribution in [-0.4, -0.2) is 65.5 Å². The summed E-state index contributed by atoms with van der Waals surface area (Å²) < 4.78 is 4.87. The van der Waals surface area contributed by atoms with E-state index in [1.165, 1.54) is 12.7 Å². The van der Waals surface area contributed by atoms with Gasteiger partial charge in [-0.1, -0.05) is 30.3 Å². The van der Waals surface area contributed by atoms with Gasteiger partial charge in [0.15, 0.2) is 5.11 Å². The lowest BCUT2D eigenvalue weighted by Gasteiger charge is -2.43. The van der Waals surface area contributed by atoms with Gasteiger partial charge in [-0.15, -0.1) is 0 Å². The number of hydrogen-bond donors (Lipinski definition) is 1. The topological polar surface area (TPSA) is 79.0 Å². The molecule has 3 aliphatic rings. The molecule has 2 saturated heterocycles. The molecule has 184 valence electrons. The second kappa shape index (κ2) is 11.3. The fraction of sp³-hybridized carbons (Fsp3) is 0.615. The molecule has 34 heavy (non-hydrogen) atoms. The Morgan fingerprint density at radius 2 is 1.85 bits per heavy atom. The number of esters is 1. The Balaban J connectivity index is 1.19. The zero-order valence-electron chi connectivity index (χ0n) is 19.9. The summed E-state index contributed by atoms with van der Waals surface area (Å²) in [6.07, 6.45) is 6.03. The van der Waals surface area contributed by atoms with Crippen molar-refractivity contribution in [3.05, 3.63) is 35.9 Å². The van der Waals surface area contributed by atoms with Gasteiger partial charge in [-0.2, -0.15) is 0 Å². The number of nitrogens with zero attached hydrogens (tertiary/aromatic N) is 2. The number of carbonyl (C=O) groups is 3. The molecule has 2 amide bonds. The average molecular weight is 486 g/mol. The number of amides is 2. The third-order valence-electron chi connectivity index (χ3n) is 7.63. The monoisotopic (exact) mass is 485 g/mol. The van der Waals surface area contributed by atoms with Gasteiger partial charge in [-0.05, 0) is 68.6 Å². The fourth-order valence-electron chi connectivity index (χ4n) is 5.64. The van der Waals surface area contributed by atoms with Gasteiger partial charge in [0, 0.05) is 32.1 Å². The molecule has 0 aromatic heterocycles. The van der Waals surface area contributed by atoms with Crippen molar-refractivity contribution in [2.45, 2.75) is 57.4 Å². The van der Waals surface area contributed by atoms with Crippen molar-refractivity contribution in [2.24, 2.45) is 17.8 Å². The SMILES string of the molecule is COC(=O)C1CCC2C(=O)N(CCCC(=O)N3CCC(Cc4ccccc4)CC3)C(=S)NC2C1. The minimum Gasteiger partial charge on any atom is -0.469 e. The van der Waals surface area contributed by atoms with Gasteiger partial charge in [-0.25, -0.2) is 0 Å². The summed E-state index contributed by atoms with van der Waals surface area (Å²) in [7, 11) is 1.40. The average Bonchev–Trinajstić information content (AvgIpc) is 2.86. The minimum atomic E-state index is -0.219. The van der Waals surface area contributed by atoms with Crippen LogP contribution in [0.1, 0.15) is 50.5 Å². The van der Waals surface area contributed by atoms with E-state index in [1.807, 2.05) is 11.0 Å². The standard InChI is InChI=1S/C26H35N3O4S/c1-33-25(32)20-9-10-21-22(17-20)27-26(34)29(24(21)31)13-5-8-23(30)28-14-11-19(12-15-28)16-18-6-3-2-4-7-18/h2-4,6-7,19-22H,5,8-17H2,1H3,(H,27,34). The van der Waals surface area contributed by atoms with E-state index in [0.29, 0.717) is 49.7 Å². The molecule has 7 nitrogen and oxygen atoms in total. The van der Waals surface area contributed by atoms with Crippen molar-refractivity contribution in [1.29, 1.82) is 0 Å². The number of ether oxygens (including phenoxy) is 1. The molecule has 1 aliphatic carbocycles. The maximum absolute atomic E-state index is 13.1. The summed E-state index contributed by atoms with van der Waals surface area (Å²) in [4.78, 5) is 41.3. The van der Waals surface area contributed by atoms with E-state index in [4.69, 9.17) is 17.0 Å².